The third-order valence-corrected chi connectivity index (χ3v) is 4.40. The van der Waals surface area contributed by atoms with Crippen molar-refractivity contribution in [1.29, 1.82) is 0 Å². The second kappa shape index (κ2) is 8.65. The van der Waals surface area contributed by atoms with Gasteiger partial charge < -0.3 is 9.29 Å². The van der Waals surface area contributed by atoms with Gasteiger partial charge in [-0.05, 0) is 22.7 Å². The fraction of sp³-hybridized carbons (Fsp3) is 0.312. The summed E-state index contributed by atoms with van der Waals surface area (Å²) in [6.07, 6.45) is 2.58. The Hall–Kier alpha value is -2.12. The molecule has 24 heavy (non-hydrogen) atoms. The Kier molecular flexibility index (Phi) is 6.57. The summed E-state index contributed by atoms with van der Waals surface area (Å²) in [5.41, 5.74) is 11.0. The Bertz CT molecular complexity index is 703. The minimum atomic E-state index is -1.12. The van der Waals surface area contributed by atoms with Gasteiger partial charge in [0.2, 0.25) is 5.03 Å². The molecule has 1 heterocycles. The monoisotopic (exact) mass is 348 g/mol. The van der Waals surface area contributed by atoms with E-state index in [1.54, 1.807) is 30.7 Å². The van der Waals surface area contributed by atoms with Gasteiger partial charge in [0.15, 0.2) is 0 Å². The van der Waals surface area contributed by atoms with Crippen LogP contribution in [0, 0.1) is 0 Å². The van der Waals surface area contributed by atoms with Crippen LogP contribution in [0.3, 0.4) is 0 Å². The molecule has 6 nitrogen and oxygen atoms in total. The van der Waals surface area contributed by atoms with Crippen LogP contribution in [0.1, 0.15) is 11.7 Å². The van der Waals surface area contributed by atoms with Gasteiger partial charge in [0.1, 0.15) is 12.9 Å². The number of methoxy groups -OCH3 is 1. The van der Waals surface area contributed by atoms with E-state index >= 15 is 0 Å². The van der Waals surface area contributed by atoms with Crippen LogP contribution in [0.25, 0.3) is 21.6 Å². The van der Waals surface area contributed by atoms with E-state index < -0.39 is 30.0 Å². The Morgan fingerprint density at radius 3 is 2.42 bits per heavy atom. The molecule has 0 amide bonds. The molecule has 1 aromatic carbocycles. The highest BCUT2D eigenvalue weighted by atomic mass is 32.2. The molecule has 0 bridgehead atoms. The molecule has 0 saturated heterocycles. The van der Waals surface area contributed by atoms with Gasteiger partial charge in [-0.1, -0.05) is 29.4 Å². The van der Waals surface area contributed by atoms with E-state index in [0.717, 1.165) is 16.7 Å². The number of hydrogen-bond donors (Lipinski definition) is 0. The van der Waals surface area contributed by atoms with E-state index in [-0.39, 0.29) is 0 Å². The average Bonchev–Trinajstić information content (AvgIpc) is 2.62. The molecular formula is C16H17FN4O2S. The molecule has 2 aromatic rings. The number of pyridine rings is 1. The number of nitrogens with zero attached hydrogens (tertiary/aromatic N) is 4. The van der Waals surface area contributed by atoms with Crippen molar-refractivity contribution < 1.29 is 13.7 Å². The summed E-state index contributed by atoms with van der Waals surface area (Å²) in [6.45, 7) is -0.802. The summed E-state index contributed by atoms with van der Waals surface area (Å²) in [5, 5.41) is 3.96. The first kappa shape index (κ1) is 18.2. The molecule has 0 fully saturated rings. The number of hydrogen-bond acceptors (Lipinski definition) is 4. The van der Waals surface area contributed by atoms with Gasteiger partial charge in [0, 0.05) is 41.0 Å². The van der Waals surface area contributed by atoms with Crippen LogP contribution in [0.5, 0.6) is 0 Å². The van der Waals surface area contributed by atoms with Gasteiger partial charge in [-0.2, -0.15) is 0 Å². The topological polar surface area (TPSA) is 93.9 Å². The second-order valence-electron chi connectivity index (χ2n) is 5.04. The largest absolute Gasteiger partial charge is 0.610 e. The van der Waals surface area contributed by atoms with Crippen molar-refractivity contribution in [2.45, 2.75) is 17.2 Å². The minimum Gasteiger partial charge on any atom is -0.610 e. The van der Waals surface area contributed by atoms with Gasteiger partial charge >= 0.3 is 0 Å². The SMILES string of the molecule is CO[C@H](c1ccc(-c2ccc([S+](C)[O-])nc2)cc1)[C@@H](CF)N=[N+]=[N-]. The lowest BCUT2D eigenvalue weighted by Crippen LogP contribution is -2.20. The van der Waals surface area contributed by atoms with Gasteiger partial charge in [-0.15, -0.1) is 0 Å². The summed E-state index contributed by atoms with van der Waals surface area (Å²) >= 11 is -1.12. The van der Waals surface area contributed by atoms with E-state index in [4.69, 9.17) is 10.3 Å². The van der Waals surface area contributed by atoms with Gasteiger partial charge in [-0.25, -0.2) is 4.98 Å². The van der Waals surface area contributed by atoms with E-state index in [0.29, 0.717) is 5.03 Å². The lowest BCUT2D eigenvalue weighted by Gasteiger charge is -2.20. The number of rotatable bonds is 7. The summed E-state index contributed by atoms with van der Waals surface area (Å²) in [4.78, 5) is 6.83. The summed E-state index contributed by atoms with van der Waals surface area (Å²) in [6, 6.07) is 9.95. The third kappa shape index (κ3) is 4.24. The van der Waals surface area contributed by atoms with Crippen LogP contribution < -0.4 is 0 Å². The van der Waals surface area contributed by atoms with E-state index in [9.17, 15) is 8.94 Å². The number of ether oxygens (including phenoxy) is 1. The molecule has 8 heteroatoms. The van der Waals surface area contributed by atoms with Crippen LogP contribution in [-0.4, -0.2) is 35.6 Å². The normalized spacial score (nSPS) is 14.5. The van der Waals surface area contributed by atoms with Crippen LogP contribution in [-0.2, 0) is 15.9 Å². The van der Waals surface area contributed by atoms with E-state index in [1.807, 2.05) is 18.2 Å². The predicted octanol–water partition coefficient (Wildman–Crippen LogP) is 3.82. The number of benzene rings is 1. The molecule has 0 aliphatic carbocycles. The fourth-order valence-electron chi connectivity index (χ4n) is 2.34. The molecule has 0 spiro atoms. The van der Waals surface area contributed by atoms with Gasteiger partial charge in [-0.3, -0.25) is 4.39 Å². The maximum atomic E-state index is 13.0. The van der Waals surface area contributed by atoms with Crippen LogP contribution in [0.4, 0.5) is 4.39 Å². The van der Waals surface area contributed by atoms with Crippen LogP contribution in [0.2, 0.25) is 0 Å². The molecule has 3 atom stereocenters. The van der Waals surface area contributed by atoms with Crippen molar-refractivity contribution >= 4 is 11.2 Å². The van der Waals surface area contributed by atoms with E-state index in [2.05, 4.69) is 15.0 Å². The molecule has 2 rings (SSSR count). The first-order chi connectivity index (χ1) is 11.6. The van der Waals surface area contributed by atoms with Gasteiger partial charge in [0.25, 0.3) is 0 Å². The van der Waals surface area contributed by atoms with Crippen LogP contribution in [0.15, 0.2) is 52.7 Å². The van der Waals surface area contributed by atoms with Crippen molar-refractivity contribution in [2.75, 3.05) is 20.0 Å². The number of halogens is 1. The lowest BCUT2D eigenvalue weighted by atomic mass is 10.00. The summed E-state index contributed by atoms with van der Waals surface area (Å²) < 4.78 is 29.7. The van der Waals surface area contributed by atoms with Crippen molar-refractivity contribution in [3.8, 4) is 11.1 Å². The number of alkyl halides is 1. The van der Waals surface area contributed by atoms with Crippen molar-refractivity contribution in [2.24, 2.45) is 5.11 Å². The molecule has 126 valence electrons. The highest BCUT2D eigenvalue weighted by Gasteiger charge is 2.22. The molecule has 0 saturated carbocycles. The average molecular weight is 348 g/mol. The molecule has 1 unspecified atom stereocenters. The molecule has 0 radical (unpaired) electrons. The highest BCUT2D eigenvalue weighted by molar-refractivity contribution is 7.90. The quantitative estimate of drug-likeness (QED) is 0.329. The summed E-state index contributed by atoms with van der Waals surface area (Å²) in [5.74, 6) is 0. The lowest BCUT2D eigenvalue weighted by molar-refractivity contribution is 0.0722. The molecule has 0 N–H and O–H groups in total. The molecule has 0 aliphatic rings. The van der Waals surface area contributed by atoms with Crippen LogP contribution >= 0.6 is 0 Å². The second-order valence-corrected chi connectivity index (χ2v) is 6.37. The first-order valence-corrected chi connectivity index (χ1v) is 8.69. The Morgan fingerprint density at radius 2 is 1.96 bits per heavy atom. The predicted molar refractivity (Wildman–Crippen MR) is 90.7 cm³/mol. The zero-order valence-electron chi connectivity index (χ0n) is 13.3. The van der Waals surface area contributed by atoms with E-state index in [1.165, 1.54) is 7.11 Å². The highest BCUT2D eigenvalue weighted by Crippen LogP contribution is 2.27. The maximum absolute atomic E-state index is 13.0. The minimum absolute atomic E-state index is 0.523. The number of aromatic nitrogens is 1. The standard InChI is InChI=1S/C16H17FN4O2S/c1-23-16(14(9-17)20-21-18)12-5-3-11(4-6-12)13-7-8-15(19-10-13)24(2)22/h3-8,10,14,16H,9H2,1-2H3/t14-,16-,24?/m1/s1. The first-order valence-electron chi connectivity index (χ1n) is 7.13. The van der Waals surface area contributed by atoms with Gasteiger partial charge in [0.05, 0.1) is 12.1 Å². The number of azide groups is 1. The van der Waals surface area contributed by atoms with Crippen molar-refractivity contribution in [3.63, 3.8) is 0 Å². The Morgan fingerprint density at radius 1 is 1.29 bits per heavy atom. The summed E-state index contributed by atoms with van der Waals surface area (Å²) in [7, 11) is 1.45. The third-order valence-electron chi connectivity index (χ3n) is 3.56. The maximum Gasteiger partial charge on any atom is 0.244 e. The molecular weight excluding hydrogens is 331 g/mol. The van der Waals surface area contributed by atoms with Crippen molar-refractivity contribution in [1.82, 2.24) is 4.98 Å². The molecule has 1 aromatic heterocycles. The molecule has 0 aliphatic heterocycles. The Labute approximate surface area is 142 Å². The smallest absolute Gasteiger partial charge is 0.244 e. The fourth-order valence-corrected chi connectivity index (χ4v) is 2.80. The Balaban J connectivity index is 2.24. The zero-order chi connectivity index (χ0) is 17.5. The van der Waals surface area contributed by atoms with Crippen molar-refractivity contribution in [3.05, 3.63) is 58.6 Å². The zero-order valence-corrected chi connectivity index (χ0v) is 14.1.